The van der Waals surface area contributed by atoms with E-state index in [0.717, 1.165) is 42.3 Å². The summed E-state index contributed by atoms with van der Waals surface area (Å²) in [4.78, 5) is 16.9. The molecule has 1 amide bonds. The number of H-pyrrole nitrogens is 1. The fourth-order valence-electron chi connectivity index (χ4n) is 3.70. The maximum absolute atomic E-state index is 12.7. The average molecular weight is 323 g/mol. The van der Waals surface area contributed by atoms with E-state index in [9.17, 15) is 4.79 Å². The van der Waals surface area contributed by atoms with E-state index in [4.69, 9.17) is 5.73 Å². The number of hydrogen-bond donors (Lipinski definition) is 3. The summed E-state index contributed by atoms with van der Waals surface area (Å²) >= 11 is 0. The van der Waals surface area contributed by atoms with Gasteiger partial charge in [0.05, 0.1) is 17.3 Å². The van der Waals surface area contributed by atoms with Crippen LogP contribution < -0.4 is 11.1 Å². The number of carbonyl (C=O) groups excluding carboxylic acids is 1. The zero-order chi connectivity index (χ0) is 16.5. The Balaban J connectivity index is 1.56. The molecule has 1 fully saturated rings. The van der Waals surface area contributed by atoms with Crippen molar-refractivity contribution in [3.8, 4) is 0 Å². The second-order valence-corrected chi connectivity index (χ2v) is 6.58. The third-order valence-corrected chi connectivity index (χ3v) is 5.04. The lowest BCUT2D eigenvalue weighted by molar-refractivity contribution is -0.112. The molecule has 0 radical (unpaired) electrons. The van der Waals surface area contributed by atoms with Crippen molar-refractivity contribution >= 4 is 22.6 Å². The molecule has 24 heavy (non-hydrogen) atoms. The molecule has 2 aromatic heterocycles. The molecule has 2 aromatic rings. The molecule has 2 atom stereocenters. The number of pyridine rings is 1. The zero-order valence-electron chi connectivity index (χ0n) is 13.5. The van der Waals surface area contributed by atoms with Gasteiger partial charge in [-0.05, 0) is 37.7 Å². The van der Waals surface area contributed by atoms with Crippen LogP contribution in [0.1, 0.15) is 32.1 Å². The van der Waals surface area contributed by atoms with Gasteiger partial charge in [0.2, 0.25) is 0 Å². The van der Waals surface area contributed by atoms with Gasteiger partial charge < -0.3 is 11.1 Å². The van der Waals surface area contributed by atoms with Crippen molar-refractivity contribution in [2.45, 2.75) is 38.1 Å². The van der Waals surface area contributed by atoms with E-state index >= 15 is 0 Å². The number of aromatic amines is 1. The van der Waals surface area contributed by atoms with Crippen molar-refractivity contribution in [3.05, 3.63) is 41.8 Å². The van der Waals surface area contributed by atoms with Gasteiger partial charge in [0.1, 0.15) is 0 Å². The molecule has 4 rings (SSSR count). The summed E-state index contributed by atoms with van der Waals surface area (Å²) in [5.74, 6) is 0.304. The van der Waals surface area contributed by atoms with Crippen LogP contribution in [0.2, 0.25) is 0 Å². The number of hydrogen-bond acceptors (Lipinski definition) is 4. The highest BCUT2D eigenvalue weighted by Gasteiger charge is 2.27. The van der Waals surface area contributed by atoms with E-state index in [-0.39, 0.29) is 11.9 Å². The summed E-state index contributed by atoms with van der Waals surface area (Å²) in [6.07, 6.45) is 12.7. The van der Waals surface area contributed by atoms with Gasteiger partial charge in [-0.15, -0.1) is 0 Å². The summed E-state index contributed by atoms with van der Waals surface area (Å²) in [6.45, 7) is 0. The standard InChI is InChI=1S/C18H21N5O/c19-15-4-2-1-3-11-9-12(5-6-13(11)15)18(24)22-16-7-8-20-17-14(16)10-21-23-17/h5,7-10,13,15H,1-4,6,19H2,(H2,20,21,22,23,24). The molecule has 6 nitrogen and oxygen atoms in total. The number of allylic oxidation sites excluding steroid dienone is 1. The molecule has 124 valence electrons. The van der Waals surface area contributed by atoms with Crippen LogP contribution in [0.3, 0.4) is 0 Å². The van der Waals surface area contributed by atoms with E-state index in [1.807, 2.05) is 12.2 Å². The van der Waals surface area contributed by atoms with Crippen LogP contribution in [0.5, 0.6) is 0 Å². The van der Waals surface area contributed by atoms with Gasteiger partial charge in [0, 0.05) is 17.8 Å². The lowest BCUT2D eigenvalue weighted by Crippen LogP contribution is -2.31. The maximum Gasteiger partial charge on any atom is 0.255 e. The van der Waals surface area contributed by atoms with Crippen LogP contribution in [0.4, 0.5) is 5.69 Å². The van der Waals surface area contributed by atoms with Gasteiger partial charge >= 0.3 is 0 Å². The van der Waals surface area contributed by atoms with Crippen LogP contribution >= 0.6 is 0 Å². The van der Waals surface area contributed by atoms with Crippen LogP contribution in [0.25, 0.3) is 11.0 Å². The first-order valence-electron chi connectivity index (χ1n) is 8.48. The second-order valence-electron chi connectivity index (χ2n) is 6.58. The van der Waals surface area contributed by atoms with Gasteiger partial charge in [0.25, 0.3) is 5.91 Å². The number of aromatic nitrogens is 3. The number of nitrogens with one attached hydrogen (secondary N) is 2. The summed E-state index contributed by atoms with van der Waals surface area (Å²) < 4.78 is 0. The Bertz CT molecular complexity index is 835. The molecular formula is C18H21N5O. The SMILES string of the molecule is NC1CCCCC2=CC(C(=O)Nc3ccnc4[nH]ncc34)=CCC21. The monoisotopic (exact) mass is 323 g/mol. The highest BCUT2D eigenvalue weighted by molar-refractivity contribution is 6.09. The molecule has 0 aromatic carbocycles. The normalized spacial score (nSPS) is 23.9. The van der Waals surface area contributed by atoms with Gasteiger partial charge in [-0.25, -0.2) is 4.98 Å². The number of amides is 1. The molecule has 1 saturated carbocycles. The topological polar surface area (TPSA) is 96.7 Å². The highest BCUT2D eigenvalue weighted by Crippen LogP contribution is 2.34. The molecule has 2 aliphatic carbocycles. The van der Waals surface area contributed by atoms with E-state index in [1.165, 1.54) is 12.0 Å². The summed E-state index contributed by atoms with van der Waals surface area (Å²) in [6, 6.07) is 2.00. The molecule has 0 bridgehead atoms. The smallest absolute Gasteiger partial charge is 0.255 e. The Hall–Kier alpha value is -2.47. The fraction of sp³-hybridized carbons (Fsp3) is 0.389. The summed E-state index contributed by atoms with van der Waals surface area (Å²) in [5, 5.41) is 10.6. The Morgan fingerprint density at radius 3 is 3.21 bits per heavy atom. The molecule has 2 heterocycles. The molecule has 0 saturated heterocycles. The van der Waals surface area contributed by atoms with Crippen molar-refractivity contribution in [1.82, 2.24) is 15.2 Å². The lowest BCUT2D eigenvalue weighted by Gasteiger charge is -2.26. The fourth-order valence-corrected chi connectivity index (χ4v) is 3.70. The molecule has 6 heteroatoms. The number of carbonyl (C=O) groups is 1. The number of rotatable bonds is 2. The molecular weight excluding hydrogens is 302 g/mol. The van der Waals surface area contributed by atoms with Crippen LogP contribution in [0.15, 0.2) is 41.8 Å². The number of nitrogens with two attached hydrogens (primary N) is 1. The second kappa shape index (κ2) is 6.20. The highest BCUT2D eigenvalue weighted by atomic mass is 16.1. The van der Waals surface area contributed by atoms with Gasteiger partial charge in [-0.1, -0.05) is 24.1 Å². The van der Waals surface area contributed by atoms with Crippen molar-refractivity contribution in [1.29, 1.82) is 0 Å². The molecule has 0 spiro atoms. The van der Waals surface area contributed by atoms with Crippen molar-refractivity contribution < 1.29 is 4.79 Å². The Kier molecular flexibility index (Phi) is 3.90. The summed E-state index contributed by atoms with van der Waals surface area (Å²) in [5.41, 5.74) is 9.74. The largest absolute Gasteiger partial charge is 0.327 e. The van der Waals surface area contributed by atoms with E-state index in [0.29, 0.717) is 11.6 Å². The van der Waals surface area contributed by atoms with Crippen molar-refractivity contribution in [2.75, 3.05) is 5.32 Å². The first kappa shape index (κ1) is 15.1. The number of anilines is 1. The Morgan fingerprint density at radius 1 is 1.38 bits per heavy atom. The van der Waals surface area contributed by atoms with Gasteiger partial charge in [-0.3, -0.25) is 9.89 Å². The lowest BCUT2D eigenvalue weighted by atomic mass is 9.82. The van der Waals surface area contributed by atoms with Gasteiger partial charge in [-0.2, -0.15) is 5.10 Å². The van der Waals surface area contributed by atoms with Crippen LogP contribution in [0, 0.1) is 5.92 Å². The van der Waals surface area contributed by atoms with Crippen molar-refractivity contribution in [3.63, 3.8) is 0 Å². The molecule has 4 N–H and O–H groups in total. The summed E-state index contributed by atoms with van der Waals surface area (Å²) in [7, 11) is 0. The first-order chi connectivity index (χ1) is 11.7. The predicted octanol–water partition coefficient (Wildman–Crippen LogP) is 2.67. The molecule has 2 aliphatic rings. The number of fused-ring (bicyclic) bond motifs is 2. The minimum atomic E-state index is -0.0903. The minimum Gasteiger partial charge on any atom is -0.327 e. The molecule has 2 unspecified atom stereocenters. The van der Waals surface area contributed by atoms with E-state index in [2.05, 4.69) is 20.5 Å². The molecule has 0 aliphatic heterocycles. The third kappa shape index (κ3) is 2.73. The third-order valence-electron chi connectivity index (χ3n) is 5.04. The maximum atomic E-state index is 12.7. The minimum absolute atomic E-state index is 0.0903. The predicted molar refractivity (Wildman–Crippen MR) is 93.2 cm³/mol. The van der Waals surface area contributed by atoms with Gasteiger partial charge in [0.15, 0.2) is 5.65 Å². The first-order valence-corrected chi connectivity index (χ1v) is 8.48. The van der Waals surface area contributed by atoms with Crippen LogP contribution in [-0.4, -0.2) is 27.1 Å². The Labute approximate surface area is 140 Å². The van der Waals surface area contributed by atoms with E-state index in [1.54, 1.807) is 18.5 Å². The Morgan fingerprint density at radius 2 is 2.29 bits per heavy atom. The van der Waals surface area contributed by atoms with Crippen LogP contribution in [-0.2, 0) is 4.79 Å². The zero-order valence-corrected chi connectivity index (χ0v) is 13.5. The average Bonchev–Trinajstić information content (AvgIpc) is 3.00. The van der Waals surface area contributed by atoms with Crippen molar-refractivity contribution in [2.24, 2.45) is 11.7 Å². The number of nitrogens with zero attached hydrogens (tertiary/aromatic N) is 2. The van der Waals surface area contributed by atoms with E-state index < -0.39 is 0 Å². The quantitative estimate of drug-likeness (QED) is 0.791.